The van der Waals surface area contributed by atoms with Crippen molar-refractivity contribution in [2.45, 2.75) is 32.6 Å². The van der Waals surface area contributed by atoms with Crippen molar-refractivity contribution in [2.24, 2.45) is 17.6 Å². The summed E-state index contributed by atoms with van der Waals surface area (Å²) in [6.07, 6.45) is 2.55. The Labute approximate surface area is 204 Å². The van der Waals surface area contributed by atoms with Crippen molar-refractivity contribution in [3.8, 4) is 16.9 Å². The van der Waals surface area contributed by atoms with Gasteiger partial charge < -0.3 is 5.73 Å². The molecule has 4 aromatic rings. The second-order valence-electron chi connectivity index (χ2n) is 9.17. The molecular weight excluding hydrogens is 469 g/mol. The topological polar surface area (TPSA) is 90.9 Å². The molecule has 2 heterocycles. The Morgan fingerprint density at radius 1 is 1.06 bits per heavy atom. The predicted molar refractivity (Wildman–Crippen MR) is 129 cm³/mol. The number of carbonyl (C=O) groups is 1. The standard InChI is InChI=1S/C27H23F3N4O2/c1-14-12-16(28)8-9-17(14)24-19-10-11-23(35)34(25-20(29)6-3-7-21(25)30)27(19)33-22(32-24)13-15-4-2-5-18(15)26(31)36/h3,6-12,15,18H,2,4-5,13H2,1H3,(H2,31,36)/t15?,18-/m0/s1. The molecule has 0 saturated heterocycles. The number of hydrogen-bond donors (Lipinski definition) is 1. The van der Waals surface area contributed by atoms with Gasteiger partial charge in [-0.1, -0.05) is 12.5 Å². The monoisotopic (exact) mass is 492 g/mol. The van der Waals surface area contributed by atoms with Crippen LogP contribution >= 0.6 is 0 Å². The van der Waals surface area contributed by atoms with Crippen LogP contribution in [0.3, 0.4) is 0 Å². The molecule has 9 heteroatoms. The van der Waals surface area contributed by atoms with E-state index in [2.05, 4.69) is 4.98 Å². The highest BCUT2D eigenvalue weighted by atomic mass is 19.1. The predicted octanol–water partition coefficient (Wildman–Crippen LogP) is 4.62. The van der Waals surface area contributed by atoms with E-state index < -0.39 is 34.6 Å². The number of amides is 1. The molecule has 2 aromatic carbocycles. The summed E-state index contributed by atoms with van der Waals surface area (Å²) in [5, 5.41) is 0.369. The van der Waals surface area contributed by atoms with E-state index in [1.165, 1.54) is 30.3 Å². The fourth-order valence-corrected chi connectivity index (χ4v) is 5.16. The molecule has 1 amide bonds. The van der Waals surface area contributed by atoms with Gasteiger partial charge in [0.05, 0.1) is 5.69 Å². The minimum atomic E-state index is -0.922. The maximum atomic E-state index is 14.8. The maximum absolute atomic E-state index is 14.8. The first-order valence-corrected chi connectivity index (χ1v) is 11.7. The van der Waals surface area contributed by atoms with Crippen molar-refractivity contribution in [1.29, 1.82) is 0 Å². The summed E-state index contributed by atoms with van der Waals surface area (Å²) >= 11 is 0. The molecule has 2 atom stereocenters. The minimum Gasteiger partial charge on any atom is -0.369 e. The number of hydrogen-bond acceptors (Lipinski definition) is 4. The Bertz CT molecular complexity index is 1550. The van der Waals surface area contributed by atoms with Crippen LogP contribution in [-0.2, 0) is 11.2 Å². The van der Waals surface area contributed by atoms with Crippen molar-refractivity contribution in [3.05, 3.63) is 87.7 Å². The minimum absolute atomic E-state index is 0.0175. The number of aryl methyl sites for hydroxylation is 1. The highest BCUT2D eigenvalue weighted by Gasteiger charge is 2.32. The molecule has 1 saturated carbocycles. The lowest BCUT2D eigenvalue weighted by Gasteiger charge is -2.18. The smallest absolute Gasteiger partial charge is 0.256 e. The van der Waals surface area contributed by atoms with Crippen LogP contribution in [0.4, 0.5) is 13.2 Å². The molecule has 2 N–H and O–H groups in total. The first kappa shape index (κ1) is 23.7. The van der Waals surface area contributed by atoms with E-state index >= 15 is 0 Å². The second kappa shape index (κ2) is 9.22. The Morgan fingerprint density at radius 2 is 1.81 bits per heavy atom. The first-order valence-electron chi connectivity index (χ1n) is 11.7. The lowest BCUT2D eigenvalue weighted by atomic mass is 9.92. The van der Waals surface area contributed by atoms with Crippen LogP contribution in [0.25, 0.3) is 28.0 Å². The number of pyridine rings is 1. The summed E-state index contributed by atoms with van der Waals surface area (Å²) in [6.45, 7) is 1.72. The largest absolute Gasteiger partial charge is 0.369 e. The number of halogens is 3. The molecule has 0 radical (unpaired) electrons. The Kier molecular flexibility index (Phi) is 6.07. The Balaban J connectivity index is 1.80. The van der Waals surface area contributed by atoms with E-state index in [1.807, 2.05) is 0 Å². The fraction of sp³-hybridized carbons (Fsp3) is 0.259. The SMILES string of the molecule is Cc1cc(F)ccc1-c1nc(CC2CCC[C@@H]2C(N)=O)nc2c1ccc(=O)n2-c1c(F)cccc1F. The van der Waals surface area contributed by atoms with Gasteiger partial charge in [-0.25, -0.2) is 23.1 Å². The van der Waals surface area contributed by atoms with Crippen molar-refractivity contribution >= 4 is 16.9 Å². The molecular formula is C27H23F3N4O2. The summed E-state index contributed by atoms with van der Waals surface area (Å²) in [4.78, 5) is 34.2. The number of rotatable bonds is 5. The molecule has 6 nitrogen and oxygen atoms in total. The summed E-state index contributed by atoms with van der Waals surface area (Å²) in [7, 11) is 0. The third-order valence-electron chi connectivity index (χ3n) is 6.87. The van der Waals surface area contributed by atoms with Gasteiger partial charge in [0.15, 0.2) is 5.65 Å². The van der Waals surface area contributed by atoms with Gasteiger partial charge in [-0.3, -0.25) is 14.2 Å². The molecule has 1 aliphatic carbocycles. The van der Waals surface area contributed by atoms with Gasteiger partial charge >= 0.3 is 0 Å². The number of nitrogens with zero attached hydrogens (tertiary/aromatic N) is 3. The number of fused-ring (bicyclic) bond motifs is 1. The normalized spacial score (nSPS) is 17.6. The Hall–Kier alpha value is -4.01. The molecule has 2 aromatic heterocycles. The van der Waals surface area contributed by atoms with E-state index in [0.717, 1.165) is 29.5 Å². The number of primary amides is 1. The molecule has 1 fully saturated rings. The molecule has 0 spiro atoms. The molecule has 184 valence electrons. The van der Waals surface area contributed by atoms with Crippen LogP contribution in [0.2, 0.25) is 0 Å². The fourth-order valence-electron chi connectivity index (χ4n) is 5.16. The highest BCUT2D eigenvalue weighted by molar-refractivity contribution is 5.92. The molecule has 1 unspecified atom stereocenters. The van der Waals surface area contributed by atoms with Crippen molar-refractivity contribution in [2.75, 3.05) is 0 Å². The van der Waals surface area contributed by atoms with E-state index in [0.29, 0.717) is 40.9 Å². The van der Waals surface area contributed by atoms with E-state index in [4.69, 9.17) is 10.7 Å². The number of nitrogens with two attached hydrogens (primary N) is 1. The van der Waals surface area contributed by atoms with E-state index in [1.54, 1.807) is 13.0 Å². The lowest BCUT2D eigenvalue weighted by Crippen LogP contribution is -2.28. The molecule has 0 bridgehead atoms. The number of benzene rings is 2. The molecule has 36 heavy (non-hydrogen) atoms. The zero-order valence-electron chi connectivity index (χ0n) is 19.5. The maximum Gasteiger partial charge on any atom is 0.256 e. The first-order chi connectivity index (χ1) is 17.2. The zero-order chi connectivity index (χ0) is 25.6. The van der Waals surface area contributed by atoms with Crippen molar-refractivity contribution < 1.29 is 18.0 Å². The third-order valence-corrected chi connectivity index (χ3v) is 6.87. The molecule has 0 aliphatic heterocycles. The summed E-state index contributed by atoms with van der Waals surface area (Å²) in [6, 6.07) is 10.2. The zero-order valence-corrected chi connectivity index (χ0v) is 19.5. The van der Waals surface area contributed by atoms with Gasteiger partial charge in [0.25, 0.3) is 5.56 Å². The summed E-state index contributed by atoms with van der Waals surface area (Å²) < 4.78 is 44.4. The average Bonchev–Trinajstić information content (AvgIpc) is 3.28. The van der Waals surface area contributed by atoms with Gasteiger partial charge in [0.2, 0.25) is 5.91 Å². The number of para-hydroxylation sites is 1. The van der Waals surface area contributed by atoms with Crippen LogP contribution in [0.15, 0.2) is 53.3 Å². The molecule has 5 rings (SSSR count). The van der Waals surface area contributed by atoms with Crippen LogP contribution in [0.5, 0.6) is 0 Å². The average molecular weight is 493 g/mol. The summed E-state index contributed by atoms with van der Waals surface area (Å²) in [5.74, 6) is -2.79. The van der Waals surface area contributed by atoms with E-state index in [9.17, 15) is 22.8 Å². The van der Waals surface area contributed by atoms with Gasteiger partial charge in [0, 0.05) is 29.4 Å². The highest BCUT2D eigenvalue weighted by Crippen LogP contribution is 2.35. The van der Waals surface area contributed by atoms with Crippen LogP contribution < -0.4 is 11.3 Å². The van der Waals surface area contributed by atoms with Gasteiger partial charge in [-0.15, -0.1) is 0 Å². The van der Waals surface area contributed by atoms with Gasteiger partial charge in [-0.2, -0.15) is 0 Å². The van der Waals surface area contributed by atoms with Crippen molar-refractivity contribution in [1.82, 2.24) is 14.5 Å². The molecule has 1 aliphatic rings. The Morgan fingerprint density at radius 3 is 2.50 bits per heavy atom. The van der Waals surface area contributed by atoms with Crippen LogP contribution in [-0.4, -0.2) is 20.4 Å². The quantitative estimate of drug-likeness (QED) is 0.440. The van der Waals surface area contributed by atoms with Crippen molar-refractivity contribution in [3.63, 3.8) is 0 Å². The van der Waals surface area contributed by atoms with E-state index in [-0.39, 0.29) is 17.5 Å². The number of carbonyl (C=O) groups excluding carboxylic acids is 1. The van der Waals surface area contributed by atoms with Crippen LogP contribution in [0.1, 0.15) is 30.7 Å². The third kappa shape index (κ3) is 4.14. The van der Waals surface area contributed by atoms with Crippen LogP contribution in [0, 0.1) is 36.2 Å². The van der Waals surface area contributed by atoms with Gasteiger partial charge in [-0.05, 0) is 67.6 Å². The van der Waals surface area contributed by atoms with Gasteiger partial charge in [0.1, 0.15) is 29.0 Å². The number of aromatic nitrogens is 3. The lowest BCUT2D eigenvalue weighted by molar-refractivity contribution is -0.122. The second-order valence-corrected chi connectivity index (χ2v) is 9.17. The summed E-state index contributed by atoms with van der Waals surface area (Å²) in [5.41, 5.74) is 5.97.